The van der Waals surface area contributed by atoms with Crippen molar-refractivity contribution in [1.29, 1.82) is 0 Å². The van der Waals surface area contributed by atoms with Gasteiger partial charge in [0.1, 0.15) is 0 Å². The third kappa shape index (κ3) is 4.38. The van der Waals surface area contributed by atoms with Gasteiger partial charge in [0.05, 0.1) is 11.2 Å². The van der Waals surface area contributed by atoms with Crippen molar-refractivity contribution in [1.82, 2.24) is 0 Å². The summed E-state index contributed by atoms with van der Waals surface area (Å²) in [7, 11) is 0. The number of benzene rings is 1. The standard InChI is InChI=1S/C13H17BrF3NO/c1-8(2)12(3,19)7-18-11-5-4-9(14)6-10(11)13(15,16)17/h4-6,8,18-19H,7H2,1-3H3. The Morgan fingerprint density at radius 1 is 1.32 bits per heavy atom. The number of anilines is 1. The molecule has 108 valence electrons. The molecule has 1 atom stereocenters. The average Bonchev–Trinajstić information content (AvgIpc) is 2.26. The van der Waals surface area contributed by atoms with Crippen LogP contribution in [0.15, 0.2) is 22.7 Å². The van der Waals surface area contributed by atoms with Gasteiger partial charge in [-0.1, -0.05) is 29.8 Å². The Balaban J connectivity index is 2.96. The van der Waals surface area contributed by atoms with E-state index in [9.17, 15) is 18.3 Å². The second-order valence-corrected chi connectivity index (χ2v) is 5.97. The lowest BCUT2D eigenvalue weighted by atomic mass is 9.92. The van der Waals surface area contributed by atoms with Crippen molar-refractivity contribution in [2.75, 3.05) is 11.9 Å². The number of aliphatic hydroxyl groups is 1. The summed E-state index contributed by atoms with van der Waals surface area (Å²) in [6, 6.07) is 3.90. The van der Waals surface area contributed by atoms with E-state index in [1.165, 1.54) is 12.1 Å². The highest BCUT2D eigenvalue weighted by Gasteiger charge is 2.34. The Bertz CT molecular complexity index is 444. The fourth-order valence-electron chi connectivity index (χ4n) is 1.38. The maximum Gasteiger partial charge on any atom is 0.418 e. The van der Waals surface area contributed by atoms with Crippen LogP contribution in [0.5, 0.6) is 0 Å². The first-order valence-electron chi connectivity index (χ1n) is 5.87. The summed E-state index contributed by atoms with van der Waals surface area (Å²) in [4.78, 5) is 0. The van der Waals surface area contributed by atoms with Gasteiger partial charge in [-0.25, -0.2) is 0 Å². The zero-order valence-corrected chi connectivity index (χ0v) is 12.6. The molecule has 0 saturated carbocycles. The topological polar surface area (TPSA) is 32.3 Å². The minimum Gasteiger partial charge on any atom is -0.388 e. The highest BCUT2D eigenvalue weighted by molar-refractivity contribution is 9.10. The van der Waals surface area contributed by atoms with E-state index in [1.807, 2.05) is 13.8 Å². The van der Waals surface area contributed by atoms with E-state index >= 15 is 0 Å². The number of rotatable bonds is 4. The van der Waals surface area contributed by atoms with Gasteiger partial charge in [-0.15, -0.1) is 0 Å². The Morgan fingerprint density at radius 2 is 1.89 bits per heavy atom. The smallest absolute Gasteiger partial charge is 0.388 e. The molecule has 0 fully saturated rings. The maximum atomic E-state index is 12.9. The minimum atomic E-state index is -4.43. The first-order valence-corrected chi connectivity index (χ1v) is 6.66. The molecule has 0 aliphatic heterocycles. The summed E-state index contributed by atoms with van der Waals surface area (Å²) >= 11 is 3.03. The molecule has 0 spiro atoms. The summed E-state index contributed by atoms with van der Waals surface area (Å²) in [5.74, 6) is -0.0650. The SMILES string of the molecule is CC(C)C(C)(O)CNc1ccc(Br)cc1C(F)(F)F. The Hall–Kier alpha value is -0.750. The van der Waals surface area contributed by atoms with Crippen molar-refractivity contribution in [2.45, 2.75) is 32.5 Å². The predicted molar refractivity (Wildman–Crippen MR) is 73.1 cm³/mol. The third-order valence-corrected chi connectivity index (χ3v) is 3.66. The summed E-state index contributed by atoms with van der Waals surface area (Å²) in [5, 5.41) is 12.7. The Morgan fingerprint density at radius 3 is 2.37 bits per heavy atom. The lowest BCUT2D eigenvalue weighted by molar-refractivity contribution is -0.137. The molecule has 1 aromatic rings. The monoisotopic (exact) mass is 339 g/mol. The van der Waals surface area contributed by atoms with Crippen molar-refractivity contribution in [3.05, 3.63) is 28.2 Å². The summed E-state index contributed by atoms with van der Waals surface area (Å²) in [6.45, 7) is 5.27. The predicted octanol–water partition coefficient (Wildman–Crippen LogP) is 4.29. The molecule has 0 amide bonds. The van der Waals surface area contributed by atoms with Gasteiger partial charge in [-0.3, -0.25) is 0 Å². The zero-order chi connectivity index (χ0) is 14.8. The van der Waals surface area contributed by atoms with E-state index in [4.69, 9.17) is 0 Å². The molecule has 6 heteroatoms. The van der Waals surface area contributed by atoms with E-state index in [-0.39, 0.29) is 18.2 Å². The number of alkyl halides is 3. The van der Waals surface area contributed by atoms with Crippen molar-refractivity contribution >= 4 is 21.6 Å². The highest BCUT2D eigenvalue weighted by atomic mass is 79.9. The average molecular weight is 340 g/mol. The Labute approximate surface area is 119 Å². The molecule has 0 bridgehead atoms. The molecule has 0 radical (unpaired) electrons. The first kappa shape index (κ1) is 16.3. The summed E-state index contributed by atoms with van der Waals surface area (Å²) < 4.78 is 39.0. The van der Waals surface area contributed by atoms with Crippen molar-refractivity contribution in [3.63, 3.8) is 0 Å². The molecule has 0 heterocycles. The van der Waals surface area contributed by atoms with Crippen LogP contribution >= 0.6 is 15.9 Å². The molecular weight excluding hydrogens is 323 g/mol. The molecule has 0 aromatic heterocycles. The zero-order valence-electron chi connectivity index (χ0n) is 11.0. The van der Waals surface area contributed by atoms with Crippen LogP contribution in [-0.4, -0.2) is 17.3 Å². The van der Waals surface area contributed by atoms with Crippen LogP contribution < -0.4 is 5.32 Å². The van der Waals surface area contributed by atoms with Crippen LogP contribution in [0.4, 0.5) is 18.9 Å². The molecule has 1 rings (SSSR count). The second kappa shape index (κ2) is 5.71. The lowest BCUT2D eigenvalue weighted by Gasteiger charge is -2.29. The number of hydrogen-bond donors (Lipinski definition) is 2. The van der Waals surface area contributed by atoms with Gasteiger partial charge in [0.25, 0.3) is 0 Å². The van der Waals surface area contributed by atoms with Gasteiger partial charge < -0.3 is 10.4 Å². The number of hydrogen-bond acceptors (Lipinski definition) is 2. The highest BCUT2D eigenvalue weighted by Crippen LogP contribution is 2.36. The van der Waals surface area contributed by atoms with Gasteiger partial charge in [0.15, 0.2) is 0 Å². The van der Waals surface area contributed by atoms with E-state index in [0.29, 0.717) is 4.47 Å². The largest absolute Gasteiger partial charge is 0.418 e. The van der Waals surface area contributed by atoms with Gasteiger partial charge in [0, 0.05) is 16.7 Å². The summed E-state index contributed by atoms with van der Waals surface area (Å²) in [6.07, 6.45) is -4.43. The lowest BCUT2D eigenvalue weighted by Crippen LogP contribution is -2.39. The van der Waals surface area contributed by atoms with E-state index in [2.05, 4.69) is 21.2 Å². The van der Waals surface area contributed by atoms with Gasteiger partial charge in [0.2, 0.25) is 0 Å². The molecular formula is C13H17BrF3NO. The van der Waals surface area contributed by atoms with E-state index in [1.54, 1.807) is 6.92 Å². The van der Waals surface area contributed by atoms with E-state index < -0.39 is 17.3 Å². The van der Waals surface area contributed by atoms with Crippen LogP contribution in [0.1, 0.15) is 26.3 Å². The van der Waals surface area contributed by atoms with Crippen molar-refractivity contribution in [2.24, 2.45) is 5.92 Å². The number of nitrogens with one attached hydrogen (secondary N) is 1. The van der Waals surface area contributed by atoms with Gasteiger partial charge in [-0.05, 0) is 31.0 Å². The Kier molecular flexibility index (Phi) is 4.90. The number of halogens is 4. The molecule has 0 aliphatic rings. The van der Waals surface area contributed by atoms with Crippen LogP contribution in [0, 0.1) is 5.92 Å². The van der Waals surface area contributed by atoms with Crippen molar-refractivity contribution < 1.29 is 18.3 Å². The molecule has 1 aromatic carbocycles. The minimum absolute atomic E-state index is 0.0309. The van der Waals surface area contributed by atoms with E-state index in [0.717, 1.165) is 6.07 Å². The maximum absolute atomic E-state index is 12.9. The quantitative estimate of drug-likeness (QED) is 0.857. The van der Waals surface area contributed by atoms with Crippen LogP contribution in [0.2, 0.25) is 0 Å². The molecule has 0 saturated heterocycles. The van der Waals surface area contributed by atoms with Crippen LogP contribution in [-0.2, 0) is 6.18 Å². The molecule has 2 nitrogen and oxygen atoms in total. The first-order chi connectivity index (χ1) is 8.54. The van der Waals surface area contributed by atoms with Gasteiger partial charge >= 0.3 is 6.18 Å². The second-order valence-electron chi connectivity index (χ2n) is 5.05. The molecule has 0 aliphatic carbocycles. The van der Waals surface area contributed by atoms with Crippen LogP contribution in [0.25, 0.3) is 0 Å². The van der Waals surface area contributed by atoms with Gasteiger partial charge in [-0.2, -0.15) is 13.2 Å². The fraction of sp³-hybridized carbons (Fsp3) is 0.538. The molecule has 1 unspecified atom stereocenters. The molecule has 19 heavy (non-hydrogen) atoms. The fourth-order valence-corrected chi connectivity index (χ4v) is 1.74. The van der Waals surface area contributed by atoms with Crippen LogP contribution in [0.3, 0.4) is 0 Å². The molecule has 2 N–H and O–H groups in total. The summed E-state index contributed by atoms with van der Waals surface area (Å²) in [5.41, 5.74) is -1.85. The normalized spacial score (nSPS) is 15.4. The third-order valence-electron chi connectivity index (χ3n) is 3.17. The van der Waals surface area contributed by atoms with Crippen molar-refractivity contribution in [3.8, 4) is 0 Å².